The summed E-state index contributed by atoms with van der Waals surface area (Å²) in [6.45, 7) is 7.15. The maximum atomic E-state index is 6.35. The van der Waals surface area contributed by atoms with E-state index in [1.165, 1.54) is 31.2 Å². The highest BCUT2D eigenvalue weighted by Crippen LogP contribution is 2.41. The topological polar surface area (TPSA) is 26.0 Å². The molecule has 1 unspecified atom stereocenters. The van der Waals surface area contributed by atoms with E-state index in [1.54, 1.807) is 0 Å². The molecule has 1 atom stereocenters. The van der Waals surface area contributed by atoms with Crippen molar-refractivity contribution in [1.82, 2.24) is 0 Å². The summed E-state index contributed by atoms with van der Waals surface area (Å²) in [6.07, 6.45) is 6.65. The third kappa shape index (κ3) is 4.07. The zero-order chi connectivity index (χ0) is 13.9. The fourth-order valence-corrected chi connectivity index (χ4v) is 3.46. The maximum Gasteiger partial charge on any atom is 0.0297 e. The van der Waals surface area contributed by atoms with Gasteiger partial charge < -0.3 is 5.73 Å². The Morgan fingerprint density at radius 2 is 1.63 bits per heavy atom. The van der Waals surface area contributed by atoms with Crippen LogP contribution in [0.3, 0.4) is 0 Å². The molecular weight excluding hydrogens is 230 g/mol. The van der Waals surface area contributed by atoms with Gasteiger partial charge in [0.1, 0.15) is 0 Å². The molecule has 0 spiro atoms. The second-order valence-electron chi connectivity index (χ2n) is 7.34. The quantitative estimate of drug-likeness (QED) is 0.818. The van der Waals surface area contributed by atoms with Crippen LogP contribution in [0.2, 0.25) is 0 Å². The standard InChI is InChI=1S/C18H29N/c1-18(2,3)16-11-9-14(10-12-16)13-17(19)15-7-5-4-6-8-15/h4-8,14,16-17H,9-13,19H2,1-3H3. The van der Waals surface area contributed by atoms with Gasteiger partial charge >= 0.3 is 0 Å². The molecular formula is C18H29N. The number of hydrogen-bond donors (Lipinski definition) is 1. The van der Waals surface area contributed by atoms with Crippen LogP contribution in [-0.2, 0) is 0 Å². The summed E-state index contributed by atoms with van der Waals surface area (Å²) in [4.78, 5) is 0. The number of benzene rings is 1. The zero-order valence-corrected chi connectivity index (χ0v) is 12.7. The molecule has 2 N–H and O–H groups in total. The van der Waals surface area contributed by atoms with Crippen molar-refractivity contribution in [3.05, 3.63) is 35.9 Å². The number of nitrogens with two attached hydrogens (primary N) is 1. The zero-order valence-electron chi connectivity index (χ0n) is 12.7. The highest BCUT2D eigenvalue weighted by molar-refractivity contribution is 5.18. The second kappa shape index (κ2) is 6.09. The molecule has 0 amide bonds. The van der Waals surface area contributed by atoms with Crippen LogP contribution in [-0.4, -0.2) is 0 Å². The van der Waals surface area contributed by atoms with E-state index in [1.807, 2.05) is 0 Å². The van der Waals surface area contributed by atoms with Gasteiger partial charge in [0.2, 0.25) is 0 Å². The van der Waals surface area contributed by atoms with E-state index in [2.05, 4.69) is 51.1 Å². The van der Waals surface area contributed by atoms with Gasteiger partial charge in [0.15, 0.2) is 0 Å². The Kier molecular flexibility index (Phi) is 4.67. The fraction of sp³-hybridized carbons (Fsp3) is 0.667. The molecule has 0 heterocycles. The average molecular weight is 259 g/mol. The van der Waals surface area contributed by atoms with Gasteiger partial charge in [-0.3, -0.25) is 0 Å². The van der Waals surface area contributed by atoms with Gasteiger partial charge in [0.25, 0.3) is 0 Å². The summed E-state index contributed by atoms with van der Waals surface area (Å²) >= 11 is 0. The van der Waals surface area contributed by atoms with Gasteiger partial charge in [-0.05, 0) is 42.1 Å². The molecule has 1 fully saturated rings. The summed E-state index contributed by atoms with van der Waals surface area (Å²) in [5, 5.41) is 0. The molecule has 0 aromatic heterocycles. The van der Waals surface area contributed by atoms with E-state index in [0.717, 1.165) is 18.3 Å². The number of hydrogen-bond acceptors (Lipinski definition) is 1. The van der Waals surface area contributed by atoms with Crippen molar-refractivity contribution in [2.24, 2.45) is 23.0 Å². The highest BCUT2D eigenvalue weighted by Gasteiger charge is 2.30. The van der Waals surface area contributed by atoms with E-state index in [-0.39, 0.29) is 6.04 Å². The molecule has 1 aromatic carbocycles. The Labute approximate surface area is 118 Å². The fourth-order valence-electron chi connectivity index (χ4n) is 3.46. The van der Waals surface area contributed by atoms with Crippen molar-refractivity contribution in [3.63, 3.8) is 0 Å². The Morgan fingerprint density at radius 1 is 1.05 bits per heavy atom. The maximum absolute atomic E-state index is 6.35. The molecule has 0 bridgehead atoms. The molecule has 2 rings (SSSR count). The minimum absolute atomic E-state index is 0.220. The average Bonchev–Trinajstić information content (AvgIpc) is 2.39. The van der Waals surface area contributed by atoms with E-state index in [0.29, 0.717) is 5.41 Å². The third-order valence-corrected chi connectivity index (χ3v) is 4.89. The van der Waals surface area contributed by atoms with Crippen molar-refractivity contribution in [1.29, 1.82) is 0 Å². The molecule has 1 aromatic rings. The first kappa shape index (κ1) is 14.6. The van der Waals surface area contributed by atoms with E-state index >= 15 is 0 Å². The minimum Gasteiger partial charge on any atom is -0.324 e. The van der Waals surface area contributed by atoms with Crippen LogP contribution in [0, 0.1) is 17.3 Å². The molecule has 106 valence electrons. The molecule has 1 nitrogen and oxygen atoms in total. The lowest BCUT2D eigenvalue weighted by atomic mass is 9.69. The normalized spacial score (nSPS) is 26.1. The van der Waals surface area contributed by atoms with E-state index in [4.69, 9.17) is 5.73 Å². The third-order valence-electron chi connectivity index (χ3n) is 4.89. The van der Waals surface area contributed by atoms with E-state index in [9.17, 15) is 0 Å². The summed E-state index contributed by atoms with van der Waals surface area (Å²) < 4.78 is 0. The van der Waals surface area contributed by atoms with Gasteiger partial charge in [-0.2, -0.15) is 0 Å². The second-order valence-corrected chi connectivity index (χ2v) is 7.34. The summed E-state index contributed by atoms with van der Waals surface area (Å²) in [5.74, 6) is 1.73. The predicted octanol–water partition coefficient (Wildman–Crippen LogP) is 4.93. The molecule has 0 saturated heterocycles. The Hall–Kier alpha value is -0.820. The first-order valence-electron chi connectivity index (χ1n) is 7.77. The first-order chi connectivity index (χ1) is 8.97. The predicted molar refractivity (Wildman–Crippen MR) is 82.9 cm³/mol. The lowest BCUT2D eigenvalue weighted by Gasteiger charge is -2.37. The molecule has 1 heteroatoms. The molecule has 1 aliphatic rings. The van der Waals surface area contributed by atoms with Crippen molar-refractivity contribution in [3.8, 4) is 0 Å². The van der Waals surface area contributed by atoms with Crippen LogP contribution >= 0.6 is 0 Å². The van der Waals surface area contributed by atoms with Crippen molar-refractivity contribution in [2.75, 3.05) is 0 Å². The van der Waals surface area contributed by atoms with Gasteiger partial charge in [0, 0.05) is 6.04 Å². The van der Waals surface area contributed by atoms with Crippen molar-refractivity contribution in [2.45, 2.75) is 58.9 Å². The molecule has 1 aliphatic carbocycles. The monoisotopic (exact) mass is 259 g/mol. The smallest absolute Gasteiger partial charge is 0.0297 e. The molecule has 0 aliphatic heterocycles. The summed E-state index contributed by atoms with van der Waals surface area (Å²) in [5.41, 5.74) is 8.12. The SMILES string of the molecule is CC(C)(C)C1CCC(CC(N)c2ccccc2)CC1. The minimum atomic E-state index is 0.220. The van der Waals surface area contributed by atoms with Gasteiger partial charge in [-0.15, -0.1) is 0 Å². The van der Waals surface area contributed by atoms with E-state index < -0.39 is 0 Å². The van der Waals surface area contributed by atoms with Gasteiger partial charge in [0.05, 0.1) is 0 Å². The summed E-state index contributed by atoms with van der Waals surface area (Å²) in [7, 11) is 0. The largest absolute Gasteiger partial charge is 0.324 e. The first-order valence-corrected chi connectivity index (χ1v) is 7.77. The van der Waals surface area contributed by atoms with Crippen LogP contribution in [0.4, 0.5) is 0 Å². The summed E-state index contributed by atoms with van der Waals surface area (Å²) in [6, 6.07) is 10.8. The van der Waals surface area contributed by atoms with Gasteiger partial charge in [-0.25, -0.2) is 0 Å². The Bertz CT molecular complexity index is 368. The Balaban J connectivity index is 1.83. The lowest BCUT2D eigenvalue weighted by Crippen LogP contribution is -2.27. The lowest BCUT2D eigenvalue weighted by molar-refractivity contribution is 0.143. The van der Waals surface area contributed by atoms with Gasteiger partial charge in [-0.1, -0.05) is 63.9 Å². The van der Waals surface area contributed by atoms with Crippen LogP contribution in [0.25, 0.3) is 0 Å². The van der Waals surface area contributed by atoms with Crippen molar-refractivity contribution >= 4 is 0 Å². The van der Waals surface area contributed by atoms with Crippen molar-refractivity contribution < 1.29 is 0 Å². The number of rotatable bonds is 3. The Morgan fingerprint density at radius 3 is 2.16 bits per heavy atom. The van der Waals surface area contributed by atoms with Crippen LogP contribution in [0.1, 0.15) is 64.5 Å². The molecule has 19 heavy (non-hydrogen) atoms. The highest BCUT2D eigenvalue weighted by atomic mass is 14.6. The van der Waals surface area contributed by atoms with Crippen LogP contribution < -0.4 is 5.73 Å². The molecule has 0 radical (unpaired) electrons. The van der Waals surface area contributed by atoms with Crippen LogP contribution in [0.5, 0.6) is 0 Å². The van der Waals surface area contributed by atoms with Crippen LogP contribution in [0.15, 0.2) is 30.3 Å². The molecule has 1 saturated carbocycles.